The molecule has 3 N–H and O–H groups in total. The van der Waals surface area contributed by atoms with E-state index < -0.39 is 12.1 Å². The van der Waals surface area contributed by atoms with Crippen molar-refractivity contribution in [2.24, 2.45) is 0 Å². The van der Waals surface area contributed by atoms with Crippen molar-refractivity contribution in [3.63, 3.8) is 0 Å². The zero-order chi connectivity index (χ0) is 47.2. The van der Waals surface area contributed by atoms with Crippen molar-refractivity contribution in [2.75, 3.05) is 13.2 Å². The van der Waals surface area contributed by atoms with Gasteiger partial charge in [0.1, 0.15) is 0 Å². The predicted molar refractivity (Wildman–Crippen MR) is 283 cm³/mol. The summed E-state index contributed by atoms with van der Waals surface area (Å²) in [6.45, 7) is 4.92. The second kappa shape index (κ2) is 55.2. The third-order valence-electron chi connectivity index (χ3n) is 13.8. The highest BCUT2D eigenvalue weighted by Crippen LogP contribution is 2.18. The fourth-order valence-electron chi connectivity index (χ4n) is 9.28. The lowest BCUT2D eigenvalue weighted by atomic mass is 10.0. The van der Waals surface area contributed by atoms with E-state index in [2.05, 4.69) is 31.3 Å². The highest BCUT2D eigenvalue weighted by molar-refractivity contribution is 5.76. The first-order chi connectivity index (χ1) is 32.0. The number of aliphatic hydroxyl groups is 2. The first-order valence-corrected chi connectivity index (χ1v) is 29.4. The largest absolute Gasteiger partial charge is 0.466 e. The van der Waals surface area contributed by atoms with Gasteiger partial charge in [-0.05, 0) is 57.8 Å². The van der Waals surface area contributed by atoms with Gasteiger partial charge in [-0.15, -0.1) is 0 Å². The van der Waals surface area contributed by atoms with Crippen LogP contribution in [0.1, 0.15) is 328 Å². The second-order valence-corrected chi connectivity index (χ2v) is 20.3. The monoisotopic (exact) mass is 918 g/mol. The first kappa shape index (κ1) is 63.6. The number of ether oxygens (including phenoxy) is 1. The molecule has 2 atom stereocenters. The molecule has 0 aromatic rings. The number of unbranched alkanes of at least 4 members (excludes halogenated alkanes) is 42. The Labute approximate surface area is 406 Å². The molecule has 0 aromatic heterocycles. The maximum atomic E-state index is 12.5. The van der Waals surface area contributed by atoms with Crippen LogP contribution in [0.3, 0.4) is 0 Å². The lowest BCUT2D eigenvalue weighted by Crippen LogP contribution is -2.45. The van der Waals surface area contributed by atoms with E-state index in [1.54, 1.807) is 0 Å². The van der Waals surface area contributed by atoms with Gasteiger partial charge in [0.2, 0.25) is 5.91 Å². The maximum absolute atomic E-state index is 12.5. The quantitative estimate of drug-likeness (QED) is 0.0321. The molecule has 0 aliphatic carbocycles. The summed E-state index contributed by atoms with van der Waals surface area (Å²) in [5.74, 6) is -0.0758. The molecule has 0 spiro atoms. The summed E-state index contributed by atoms with van der Waals surface area (Å²) >= 11 is 0. The molecule has 0 heterocycles. The normalized spacial score (nSPS) is 12.6. The van der Waals surface area contributed by atoms with Crippen LogP contribution < -0.4 is 5.32 Å². The molecule has 386 valence electrons. The highest BCUT2D eigenvalue weighted by Gasteiger charge is 2.20. The summed E-state index contributed by atoms with van der Waals surface area (Å²) in [7, 11) is 0. The Morgan fingerprint density at radius 3 is 1.09 bits per heavy atom. The average Bonchev–Trinajstić information content (AvgIpc) is 3.31. The van der Waals surface area contributed by atoms with Crippen molar-refractivity contribution in [1.82, 2.24) is 5.32 Å². The molecule has 0 radical (unpaired) electrons. The molecule has 0 rings (SSSR count). The Balaban J connectivity index is 3.48. The molecule has 0 fully saturated rings. The van der Waals surface area contributed by atoms with Gasteiger partial charge in [-0.1, -0.05) is 270 Å². The lowest BCUT2D eigenvalue weighted by Gasteiger charge is -2.22. The number of amides is 1. The van der Waals surface area contributed by atoms with Crippen LogP contribution in [0.4, 0.5) is 0 Å². The maximum Gasteiger partial charge on any atom is 0.305 e. The van der Waals surface area contributed by atoms with Crippen molar-refractivity contribution < 1.29 is 24.5 Å². The average molecular weight is 919 g/mol. The third kappa shape index (κ3) is 51.8. The molecule has 0 aliphatic rings. The van der Waals surface area contributed by atoms with E-state index in [-0.39, 0.29) is 18.5 Å². The number of carbonyl (C=O) groups excluding carboxylic acids is 2. The first-order valence-electron chi connectivity index (χ1n) is 29.4. The van der Waals surface area contributed by atoms with Crippen LogP contribution in [-0.4, -0.2) is 47.4 Å². The van der Waals surface area contributed by atoms with E-state index in [0.29, 0.717) is 25.9 Å². The van der Waals surface area contributed by atoms with E-state index in [1.165, 1.54) is 218 Å². The SMILES string of the molecule is CCCCCCCCCCCCCCCCCCCCCCCC(O)C(CO)NC(=O)CCCCCCC/C=C\CCCCCOC(=O)CCCCCCCCCCCCCCCCC. The van der Waals surface area contributed by atoms with Crippen LogP contribution in [0.5, 0.6) is 0 Å². The summed E-state index contributed by atoms with van der Waals surface area (Å²) in [5.41, 5.74) is 0. The Hall–Kier alpha value is -1.40. The number of carbonyl (C=O) groups is 2. The van der Waals surface area contributed by atoms with Gasteiger partial charge in [0.05, 0.1) is 25.4 Å². The van der Waals surface area contributed by atoms with Crippen LogP contribution in [0.15, 0.2) is 12.2 Å². The van der Waals surface area contributed by atoms with E-state index in [1.807, 2.05) is 0 Å². The van der Waals surface area contributed by atoms with Crippen molar-refractivity contribution in [1.29, 1.82) is 0 Å². The molecule has 0 aromatic carbocycles. The predicted octanol–water partition coefficient (Wildman–Crippen LogP) is 18.1. The lowest BCUT2D eigenvalue weighted by molar-refractivity contribution is -0.143. The van der Waals surface area contributed by atoms with Gasteiger partial charge < -0.3 is 20.3 Å². The standard InChI is InChI=1S/C59H115NO5/c1-3-5-7-9-11-13-15-17-19-20-21-22-23-24-26-27-31-35-39-43-47-51-57(62)56(55-61)60-58(63)52-48-44-40-36-32-29-30-34-38-42-46-50-54-65-59(64)53-49-45-41-37-33-28-25-18-16-14-12-10-8-6-4-2/h30,34,56-57,61-62H,3-29,31-33,35-55H2,1-2H3,(H,60,63)/b34-30-. The molecular weight excluding hydrogens is 803 g/mol. The summed E-state index contributed by atoms with van der Waals surface area (Å²) in [6, 6.07) is -0.560. The molecule has 0 aliphatic heterocycles. The number of nitrogens with one attached hydrogen (secondary N) is 1. The number of allylic oxidation sites excluding steroid dienone is 2. The van der Waals surface area contributed by atoms with Crippen molar-refractivity contribution in [3.05, 3.63) is 12.2 Å². The summed E-state index contributed by atoms with van der Waals surface area (Å²) in [4.78, 5) is 24.5. The Kier molecular flexibility index (Phi) is 54.0. The highest BCUT2D eigenvalue weighted by atomic mass is 16.5. The Bertz CT molecular complexity index is 970. The van der Waals surface area contributed by atoms with Gasteiger partial charge >= 0.3 is 5.97 Å². The molecule has 2 unspecified atom stereocenters. The third-order valence-corrected chi connectivity index (χ3v) is 13.8. The molecule has 6 nitrogen and oxygen atoms in total. The number of hydrogen-bond acceptors (Lipinski definition) is 5. The van der Waals surface area contributed by atoms with E-state index in [4.69, 9.17) is 4.74 Å². The topological polar surface area (TPSA) is 95.9 Å². The Morgan fingerprint density at radius 1 is 0.415 bits per heavy atom. The number of hydrogen-bond donors (Lipinski definition) is 3. The summed E-state index contributed by atoms with van der Waals surface area (Å²) in [5, 5.41) is 23.3. The molecule has 6 heteroatoms. The molecule has 65 heavy (non-hydrogen) atoms. The zero-order valence-corrected chi connectivity index (χ0v) is 44.0. The molecule has 0 saturated heterocycles. The molecule has 0 saturated carbocycles. The van der Waals surface area contributed by atoms with E-state index >= 15 is 0 Å². The van der Waals surface area contributed by atoms with Gasteiger partial charge in [0, 0.05) is 12.8 Å². The van der Waals surface area contributed by atoms with Crippen LogP contribution in [0, 0.1) is 0 Å². The summed E-state index contributed by atoms with van der Waals surface area (Å²) < 4.78 is 5.46. The van der Waals surface area contributed by atoms with Crippen LogP contribution in [0.2, 0.25) is 0 Å². The minimum absolute atomic E-state index is 0.0188. The van der Waals surface area contributed by atoms with Gasteiger partial charge in [0.15, 0.2) is 0 Å². The molecule has 0 bridgehead atoms. The zero-order valence-electron chi connectivity index (χ0n) is 44.0. The fourth-order valence-corrected chi connectivity index (χ4v) is 9.28. The molecule has 1 amide bonds. The van der Waals surface area contributed by atoms with Gasteiger partial charge in [-0.3, -0.25) is 9.59 Å². The van der Waals surface area contributed by atoms with Crippen LogP contribution in [-0.2, 0) is 14.3 Å². The molecular formula is C59H115NO5. The van der Waals surface area contributed by atoms with Crippen LogP contribution >= 0.6 is 0 Å². The smallest absolute Gasteiger partial charge is 0.305 e. The van der Waals surface area contributed by atoms with Gasteiger partial charge in [-0.2, -0.15) is 0 Å². The second-order valence-electron chi connectivity index (χ2n) is 20.3. The van der Waals surface area contributed by atoms with Gasteiger partial charge in [0.25, 0.3) is 0 Å². The number of rotatable bonds is 55. The van der Waals surface area contributed by atoms with Crippen molar-refractivity contribution in [3.8, 4) is 0 Å². The van der Waals surface area contributed by atoms with Crippen LogP contribution in [0.25, 0.3) is 0 Å². The van der Waals surface area contributed by atoms with E-state index in [9.17, 15) is 19.8 Å². The number of esters is 1. The summed E-state index contributed by atoms with van der Waals surface area (Å²) in [6.07, 6.45) is 64.9. The minimum atomic E-state index is -0.680. The Morgan fingerprint density at radius 2 is 0.723 bits per heavy atom. The fraction of sp³-hybridized carbons (Fsp3) is 0.932. The number of aliphatic hydroxyl groups excluding tert-OH is 2. The van der Waals surface area contributed by atoms with Crippen molar-refractivity contribution >= 4 is 11.9 Å². The minimum Gasteiger partial charge on any atom is -0.466 e. The van der Waals surface area contributed by atoms with Gasteiger partial charge in [-0.25, -0.2) is 0 Å². The van der Waals surface area contributed by atoms with E-state index in [0.717, 1.165) is 77.0 Å². The van der Waals surface area contributed by atoms with Crippen molar-refractivity contribution in [2.45, 2.75) is 341 Å².